The van der Waals surface area contributed by atoms with Crippen LogP contribution in [0.2, 0.25) is 0 Å². The molecule has 4 heterocycles. The summed E-state index contributed by atoms with van der Waals surface area (Å²) in [6.45, 7) is 7.67. The zero-order valence-electron chi connectivity index (χ0n) is 35.0. The summed E-state index contributed by atoms with van der Waals surface area (Å²) in [5.74, 6) is -1.09. The molecule has 5 rings (SSSR count). The van der Waals surface area contributed by atoms with E-state index in [0.29, 0.717) is 31.4 Å². The number of aromatic nitrogens is 1. The van der Waals surface area contributed by atoms with E-state index in [2.05, 4.69) is 31.6 Å². The van der Waals surface area contributed by atoms with Gasteiger partial charge >= 0.3 is 16.3 Å². The molecule has 61 heavy (non-hydrogen) atoms. The lowest BCUT2D eigenvalue weighted by Crippen LogP contribution is -2.58. The van der Waals surface area contributed by atoms with E-state index in [4.69, 9.17) is 14.2 Å². The van der Waals surface area contributed by atoms with Gasteiger partial charge in [0, 0.05) is 37.1 Å². The van der Waals surface area contributed by atoms with Crippen LogP contribution in [0.15, 0.2) is 29.8 Å². The van der Waals surface area contributed by atoms with Gasteiger partial charge in [-0.25, -0.2) is 9.78 Å². The fourth-order valence-corrected chi connectivity index (χ4v) is 10.5. The first-order valence-electron chi connectivity index (χ1n) is 20.5. The number of amides is 6. The third-order valence-corrected chi connectivity index (χ3v) is 14.3. The Morgan fingerprint density at radius 1 is 0.984 bits per heavy atom. The zero-order valence-corrected chi connectivity index (χ0v) is 37.5. The van der Waals surface area contributed by atoms with Crippen molar-refractivity contribution in [3.8, 4) is 10.4 Å². The molecule has 2 aromatic rings. The minimum atomic E-state index is -5.09. The highest BCUT2D eigenvalue weighted by Gasteiger charge is 2.48. The monoisotopic (exact) mass is 911 g/mol. The lowest BCUT2D eigenvalue weighted by Gasteiger charge is -2.35. The molecule has 5 N–H and O–H groups in total. The van der Waals surface area contributed by atoms with Crippen LogP contribution in [0.4, 0.5) is 8.68 Å². The Balaban J connectivity index is 0.955. The van der Waals surface area contributed by atoms with Crippen LogP contribution >= 0.6 is 23.1 Å². The molecule has 1 aromatic carbocycles. The number of nitrogens with zero attached hydrogens (tertiary/aromatic N) is 2. The maximum atomic E-state index is 14.3. The predicted octanol–water partition coefficient (Wildman–Crippen LogP) is 2.43. The molecule has 3 aliphatic heterocycles. The summed E-state index contributed by atoms with van der Waals surface area (Å²) in [6.07, 6.45) is 2.64. The van der Waals surface area contributed by atoms with Crippen molar-refractivity contribution >= 4 is 63.0 Å². The molecule has 3 fully saturated rings. The zero-order chi connectivity index (χ0) is 44.2. The number of likely N-dealkylation sites (tertiary alicyclic amines) is 1. The Labute approximate surface area is 365 Å². The van der Waals surface area contributed by atoms with Crippen LogP contribution in [0, 0.1) is 12.3 Å². The van der Waals surface area contributed by atoms with Crippen molar-refractivity contribution in [1.82, 2.24) is 36.5 Å². The van der Waals surface area contributed by atoms with Crippen molar-refractivity contribution in [3.05, 3.63) is 41.0 Å². The fourth-order valence-electron chi connectivity index (χ4n) is 7.40. The number of fused-ring (bicyclic) bond motifs is 1. The topological polar surface area (TPSA) is 223 Å². The van der Waals surface area contributed by atoms with Crippen LogP contribution in [-0.2, 0) is 50.2 Å². The normalized spacial score (nSPS) is 21.7. The summed E-state index contributed by atoms with van der Waals surface area (Å²) in [7, 11) is -5.09. The maximum absolute atomic E-state index is 14.3. The van der Waals surface area contributed by atoms with E-state index in [1.165, 1.54) is 11.3 Å². The minimum absolute atomic E-state index is 0.0346. The number of carbonyl (C=O) groups excluding carboxylic acids is 5. The van der Waals surface area contributed by atoms with E-state index in [1.807, 2.05) is 43.0 Å². The Hall–Kier alpha value is -3.89. The summed E-state index contributed by atoms with van der Waals surface area (Å²) < 4.78 is 54.6. The van der Waals surface area contributed by atoms with Gasteiger partial charge in [-0.3, -0.25) is 19.2 Å². The molecule has 338 valence electrons. The van der Waals surface area contributed by atoms with Gasteiger partial charge in [0.25, 0.3) is 0 Å². The predicted molar refractivity (Wildman–Crippen MR) is 229 cm³/mol. The molecule has 6 atom stereocenters. The van der Waals surface area contributed by atoms with E-state index in [0.717, 1.165) is 51.6 Å². The quantitative estimate of drug-likeness (QED) is 0.0617. The Kier molecular flexibility index (Phi) is 17.7. The first kappa shape index (κ1) is 48.1. The van der Waals surface area contributed by atoms with Crippen LogP contribution in [0.1, 0.15) is 64.1 Å². The molecule has 0 saturated carbocycles. The van der Waals surface area contributed by atoms with Crippen molar-refractivity contribution in [2.45, 2.75) is 101 Å². The molecule has 0 radical (unpaired) electrons. The number of urea groups is 1. The number of benzene rings is 1. The maximum Gasteiger partial charge on any atom is 0.315 e. The molecule has 0 aliphatic carbocycles. The van der Waals surface area contributed by atoms with Crippen LogP contribution < -0.4 is 26.6 Å². The van der Waals surface area contributed by atoms with E-state index >= 15 is 0 Å². The van der Waals surface area contributed by atoms with Crippen LogP contribution in [0.3, 0.4) is 0 Å². The SMILES string of the molecule is Cc1ncsc1-c1ccc(CNC(=O)[C@@H]2C[C@@H](S(=O)(=O)F)CN2C(=O)[C@@H](NC(=O)COCCOCCOCCNC(=O)CCCC[C@@H]2SC[C@@H]3NC(=O)N[C@@H]32)C(C)(C)C)cc1. The highest BCUT2D eigenvalue weighted by molar-refractivity contribution is 8.00. The smallest absolute Gasteiger partial charge is 0.315 e. The van der Waals surface area contributed by atoms with Gasteiger partial charge in [0.15, 0.2) is 0 Å². The van der Waals surface area contributed by atoms with Crippen molar-refractivity contribution in [2.75, 3.05) is 58.5 Å². The molecular formula is C40H58FN7O10S3. The molecule has 6 amide bonds. The van der Waals surface area contributed by atoms with Crippen LogP contribution in [0.5, 0.6) is 0 Å². The number of rotatable bonds is 23. The van der Waals surface area contributed by atoms with E-state index < -0.39 is 70.3 Å². The van der Waals surface area contributed by atoms with Gasteiger partial charge < -0.3 is 45.7 Å². The number of hydrogen-bond donors (Lipinski definition) is 5. The lowest BCUT2D eigenvalue weighted by atomic mass is 9.85. The first-order valence-corrected chi connectivity index (χ1v) is 23.9. The molecule has 17 nitrogen and oxygen atoms in total. The van der Waals surface area contributed by atoms with Crippen molar-refractivity contribution in [3.63, 3.8) is 0 Å². The highest BCUT2D eigenvalue weighted by Crippen LogP contribution is 2.33. The number of nitrogens with one attached hydrogen (secondary N) is 5. The number of ether oxygens (including phenoxy) is 3. The third-order valence-electron chi connectivity index (χ3n) is 10.7. The molecule has 3 saturated heterocycles. The van der Waals surface area contributed by atoms with Crippen LogP contribution in [-0.4, -0.2) is 141 Å². The number of halogens is 1. The van der Waals surface area contributed by atoms with Gasteiger partial charge in [-0.05, 0) is 42.7 Å². The minimum Gasteiger partial charge on any atom is -0.377 e. The molecule has 0 unspecified atom stereocenters. The van der Waals surface area contributed by atoms with Crippen molar-refractivity contribution in [1.29, 1.82) is 0 Å². The van der Waals surface area contributed by atoms with Gasteiger partial charge in [0.05, 0.1) is 61.2 Å². The number of hydrogen-bond acceptors (Lipinski definition) is 13. The summed E-state index contributed by atoms with van der Waals surface area (Å²) in [5, 5.41) is 13.0. The third kappa shape index (κ3) is 14.3. The van der Waals surface area contributed by atoms with E-state index in [1.54, 1.807) is 26.3 Å². The second kappa shape index (κ2) is 22.5. The second-order valence-corrected chi connectivity index (χ2v) is 20.1. The Morgan fingerprint density at radius 3 is 2.36 bits per heavy atom. The van der Waals surface area contributed by atoms with Gasteiger partial charge in [-0.2, -0.15) is 20.2 Å². The van der Waals surface area contributed by atoms with Gasteiger partial charge in [-0.15, -0.1) is 15.2 Å². The largest absolute Gasteiger partial charge is 0.377 e. The van der Waals surface area contributed by atoms with Crippen LogP contribution in [0.25, 0.3) is 10.4 Å². The second-order valence-electron chi connectivity index (χ2n) is 16.4. The molecule has 0 spiro atoms. The fraction of sp³-hybridized carbons (Fsp3) is 0.650. The van der Waals surface area contributed by atoms with Gasteiger partial charge in [-0.1, -0.05) is 51.5 Å². The number of unbranched alkanes of at least 4 members (excludes halogenated alkanes) is 1. The number of carbonyl (C=O) groups is 5. The number of thioether (sulfide) groups is 1. The molecule has 3 aliphatic rings. The standard InChI is InChI=1S/C40H58FN7O10S3/c1-25-35(60-24-44-25)27-11-9-26(10-12-27)20-43-37(51)30-19-28(61(41,54)55)21-48(30)38(52)36(40(2,3)4)46-33(50)22-58-18-17-57-16-15-56-14-13-42-32(49)8-6-5-7-31-34-29(23-59-31)45-39(53)47-34/h9-12,24,28-31,34,36H,5-8,13-23H2,1-4H3,(H,42,49)(H,43,51)(H,46,50)(H2,45,47,53)/t28-,29+,30+,31+,34+,36-/m1/s1. The van der Waals surface area contributed by atoms with Crippen molar-refractivity contribution < 1.29 is 50.5 Å². The lowest BCUT2D eigenvalue weighted by molar-refractivity contribution is -0.144. The summed E-state index contributed by atoms with van der Waals surface area (Å²) in [4.78, 5) is 70.4. The number of aryl methyl sites for hydroxylation is 1. The highest BCUT2D eigenvalue weighted by atomic mass is 32.3. The molecule has 1 aromatic heterocycles. The summed E-state index contributed by atoms with van der Waals surface area (Å²) >= 11 is 3.38. The average Bonchev–Trinajstić information content (AvgIpc) is 4.01. The van der Waals surface area contributed by atoms with Crippen molar-refractivity contribution in [2.24, 2.45) is 5.41 Å². The molecule has 0 bridgehead atoms. The molecular weight excluding hydrogens is 854 g/mol. The Morgan fingerprint density at radius 2 is 1.69 bits per heavy atom. The summed E-state index contributed by atoms with van der Waals surface area (Å²) in [5.41, 5.74) is 3.53. The van der Waals surface area contributed by atoms with Gasteiger partial charge in [0.1, 0.15) is 23.9 Å². The first-order chi connectivity index (χ1) is 29.0. The Bertz CT molecular complexity index is 1930. The molecule has 21 heteroatoms. The number of thiazole rings is 1. The summed E-state index contributed by atoms with van der Waals surface area (Å²) in [6, 6.07) is 5.29. The average molecular weight is 912 g/mol. The van der Waals surface area contributed by atoms with Gasteiger partial charge in [0.2, 0.25) is 23.6 Å². The van der Waals surface area contributed by atoms with E-state index in [-0.39, 0.29) is 50.4 Å². The van der Waals surface area contributed by atoms with E-state index in [9.17, 15) is 36.3 Å².